The van der Waals surface area contributed by atoms with Crippen molar-refractivity contribution in [1.82, 2.24) is 5.32 Å². The van der Waals surface area contributed by atoms with E-state index in [0.29, 0.717) is 17.5 Å². The molecule has 0 amide bonds. The van der Waals surface area contributed by atoms with E-state index >= 15 is 0 Å². The molecule has 0 bridgehead atoms. The summed E-state index contributed by atoms with van der Waals surface area (Å²) in [5.74, 6) is 0. The van der Waals surface area contributed by atoms with Gasteiger partial charge in [-0.2, -0.15) is 0 Å². The van der Waals surface area contributed by atoms with E-state index in [1.54, 1.807) is 0 Å². The molecule has 2 fully saturated rings. The minimum Gasteiger partial charge on any atom is -0.392 e. The molecule has 2 rings (SSSR count). The molecule has 2 aliphatic rings. The fourth-order valence-corrected chi connectivity index (χ4v) is 3.61. The van der Waals surface area contributed by atoms with Crippen molar-refractivity contribution in [1.29, 1.82) is 0 Å². The average Bonchev–Trinajstić information content (AvgIpc) is 2.60. The van der Waals surface area contributed by atoms with Crippen molar-refractivity contribution in [2.45, 2.75) is 96.2 Å². The Morgan fingerprint density at radius 2 is 1.67 bits per heavy atom. The molecule has 3 atom stereocenters. The van der Waals surface area contributed by atoms with Crippen molar-refractivity contribution in [2.24, 2.45) is 5.41 Å². The summed E-state index contributed by atoms with van der Waals surface area (Å²) < 4.78 is 0. The van der Waals surface area contributed by atoms with Crippen LogP contribution in [0.4, 0.5) is 0 Å². The molecule has 0 heterocycles. The molecule has 2 saturated carbocycles. The molecule has 2 N–H and O–H groups in total. The molecule has 0 aromatic carbocycles. The van der Waals surface area contributed by atoms with Gasteiger partial charge in [0.05, 0.1) is 6.10 Å². The Morgan fingerprint density at radius 3 is 2.50 bits per heavy atom. The highest BCUT2D eigenvalue weighted by Crippen LogP contribution is 2.34. The second kappa shape index (κ2) is 6.38. The van der Waals surface area contributed by atoms with E-state index in [1.807, 2.05) is 0 Å². The molecule has 0 saturated heterocycles. The van der Waals surface area contributed by atoms with Crippen LogP contribution in [-0.4, -0.2) is 23.3 Å². The quantitative estimate of drug-likeness (QED) is 0.737. The zero-order valence-corrected chi connectivity index (χ0v) is 12.3. The molecule has 0 aromatic heterocycles. The van der Waals surface area contributed by atoms with Crippen molar-refractivity contribution < 1.29 is 5.11 Å². The predicted octanol–water partition coefficient (Wildman–Crippen LogP) is 3.63. The summed E-state index contributed by atoms with van der Waals surface area (Å²) >= 11 is 0. The van der Waals surface area contributed by atoms with Gasteiger partial charge in [0.1, 0.15) is 0 Å². The third-order valence-corrected chi connectivity index (χ3v) is 5.00. The Hall–Kier alpha value is -0.0800. The SMILES string of the molecule is CC1(C)CCCC(NC2CCCCCC2O)CC1. The lowest BCUT2D eigenvalue weighted by Crippen LogP contribution is -2.44. The fraction of sp³-hybridized carbons (Fsp3) is 1.00. The minimum atomic E-state index is -0.108. The number of rotatable bonds is 2. The van der Waals surface area contributed by atoms with E-state index in [1.165, 1.54) is 57.8 Å². The summed E-state index contributed by atoms with van der Waals surface area (Å²) in [6.45, 7) is 4.80. The van der Waals surface area contributed by atoms with Crippen LogP contribution in [0.15, 0.2) is 0 Å². The zero-order valence-electron chi connectivity index (χ0n) is 12.3. The first-order valence-corrected chi connectivity index (χ1v) is 8.01. The molecule has 2 aliphatic carbocycles. The van der Waals surface area contributed by atoms with Crippen molar-refractivity contribution in [3.05, 3.63) is 0 Å². The van der Waals surface area contributed by atoms with Gasteiger partial charge in [-0.1, -0.05) is 39.5 Å². The normalized spacial score (nSPS) is 37.8. The van der Waals surface area contributed by atoms with Gasteiger partial charge >= 0.3 is 0 Å². The summed E-state index contributed by atoms with van der Waals surface area (Å²) in [6.07, 6.45) is 12.5. The molecule has 3 unspecified atom stereocenters. The van der Waals surface area contributed by atoms with E-state index in [2.05, 4.69) is 19.2 Å². The van der Waals surface area contributed by atoms with Gasteiger partial charge in [0.2, 0.25) is 0 Å². The number of aliphatic hydroxyl groups is 1. The number of hydrogen-bond donors (Lipinski definition) is 2. The Bertz CT molecular complexity index is 251. The molecule has 0 radical (unpaired) electrons. The molecule has 0 aromatic rings. The topological polar surface area (TPSA) is 32.3 Å². The summed E-state index contributed by atoms with van der Waals surface area (Å²) in [6, 6.07) is 1.00. The molecule has 0 aliphatic heterocycles. The number of nitrogens with one attached hydrogen (secondary N) is 1. The number of aliphatic hydroxyl groups excluding tert-OH is 1. The molecular weight excluding hydrogens is 222 g/mol. The molecule has 2 nitrogen and oxygen atoms in total. The predicted molar refractivity (Wildman–Crippen MR) is 76.7 cm³/mol. The maximum Gasteiger partial charge on any atom is 0.0693 e. The summed E-state index contributed by atoms with van der Waals surface area (Å²) in [5, 5.41) is 14.0. The largest absolute Gasteiger partial charge is 0.392 e. The van der Waals surface area contributed by atoms with Gasteiger partial charge in [-0.3, -0.25) is 0 Å². The lowest BCUT2D eigenvalue weighted by atomic mass is 9.85. The highest BCUT2D eigenvalue weighted by molar-refractivity contribution is 4.85. The van der Waals surface area contributed by atoms with Gasteiger partial charge in [0, 0.05) is 12.1 Å². The van der Waals surface area contributed by atoms with Crippen LogP contribution in [0.2, 0.25) is 0 Å². The van der Waals surface area contributed by atoms with E-state index in [9.17, 15) is 5.11 Å². The van der Waals surface area contributed by atoms with Crippen LogP contribution in [0.5, 0.6) is 0 Å². The second-order valence-electron chi connectivity index (χ2n) is 7.27. The molecule has 2 heteroatoms. The Labute approximate surface area is 113 Å². The van der Waals surface area contributed by atoms with Gasteiger partial charge in [-0.05, 0) is 43.9 Å². The first-order chi connectivity index (χ1) is 8.57. The van der Waals surface area contributed by atoms with Crippen LogP contribution in [0, 0.1) is 5.41 Å². The van der Waals surface area contributed by atoms with Crippen LogP contribution in [-0.2, 0) is 0 Å². The summed E-state index contributed by atoms with van der Waals surface area (Å²) in [5.41, 5.74) is 0.526. The maximum absolute atomic E-state index is 10.2. The van der Waals surface area contributed by atoms with Gasteiger partial charge < -0.3 is 10.4 Å². The van der Waals surface area contributed by atoms with Gasteiger partial charge in [0.25, 0.3) is 0 Å². The van der Waals surface area contributed by atoms with Crippen LogP contribution in [0.1, 0.15) is 78.1 Å². The van der Waals surface area contributed by atoms with E-state index in [0.717, 1.165) is 6.42 Å². The van der Waals surface area contributed by atoms with Crippen LogP contribution >= 0.6 is 0 Å². The molecule has 106 valence electrons. The van der Waals surface area contributed by atoms with Gasteiger partial charge in [0.15, 0.2) is 0 Å². The first-order valence-electron chi connectivity index (χ1n) is 8.01. The smallest absolute Gasteiger partial charge is 0.0693 e. The van der Waals surface area contributed by atoms with Crippen molar-refractivity contribution in [3.63, 3.8) is 0 Å². The summed E-state index contributed by atoms with van der Waals surface area (Å²) in [7, 11) is 0. The zero-order chi connectivity index (χ0) is 13.0. The first kappa shape index (κ1) is 14.3. The van der Waals surface area contributed by atoms with Crippen molar-refractivity contribution >= 4 is 0 Å². The standard InChI is InChI=1S/C16H31NO/c1-16(2)11-6-7-13(10-12-16)17-14-8-4-3-5-9-15(14)18/h13-15,17-18H,3-12H2,1-2H3. The van der Waals surface area contributed by atoms with Crippen LogP contribution < -0.4 is 5.32 Å². The van der Waals surface area contributed by atoms with Gasteiger partial charge in [-0.25, -0.2) is 0 Å². The number of hydrogen-bond acceptors (Lipinski definition) is 2. The summed E-state index contributed by atoms with van der Waals surface area (Å²) in [4.78, 5) is 0. The molecule has 0 spiro atoms. The third-order valence-electron chi connectivity index (χ3n) is 5.00. The lowest BCUT2D eigenvalue weighted by Gasteiger charge is -2.28. The average molecular weight is 253 g/mol. The van der Waals surface area contributed by atoms with E-state index < -0.39 is 0 Å². The third kappa shape index (κ3) is 4.24. The highest BCUT2D eigenvalue weighted by Gasteiger charge is 2.28. The fourth-order valence-electron chi connectivity index (χ4n) is 3.61. The van der Waals surface area contributed by atoms with Crippen LogP contribution in [0.3, 0.4) is 0 Å². The Kier molecular flexibility index (Phi) is 5.08. The molecular formula is C16H31NO. The van der Waals surface area contributed by atoms with Crippen molar-refractivity contribution in [2.75, 3.05) is 0 Å². The van der Waals surface area contributed by atoms with Gasteiger partial charge in [-0.15, -0.1) is 0 Å². The monoisotopic (exact) mass is 253 g/mol. The van der Waals surface area contributed by atoms with Crippen LogP contribution in [0.25, 0.3) is 0 Å². The maximum atomic E-state index is 10.2. The Balaban J connectivity index is 1.84. The lowest BCUT2D eigenvalue weighted by molar-refractivity contribution is 0.111. The van der Waals surface area contributed by atoms with Crippen molar-refractivity contribution in [3.8, 4) is 0 Å². The highest BCUT2D eigenvalue weighted by atomic mass is 16.3. The molecule has 18 heavy (non-hydrogen) atoms. The Morgan fingerprint density at radius 1 is 0.889 bits per heavy atom. The van der Waals surface area contributed by atoms with E-state index in [-0.39, 0.29) is 6.10 Å². The van der Waals surface area contributed by atoms with E-state index in [4.69, 9.17) is 0 Å². The second-order valence-corrected chi connectivity index (χ2v) is 7.27. The minimum absolute atomic E-state index is 0.108.